The van der Waals surface area contributed by atoms with Gasteiger partial charge in [-0.3, -0.25) is 4.98 Å². The minimum Gasteiger partial charge on any atom is -0.487 e. The molecule has 0 aliphatic heterocycles. The summed E-state index contributed by atoms with van der Waals surface area (Å²) in [5.41, 5.74) is 1.96. The highest BCUT2D eigenvalue weighted by atomic mass is 32.2. The molecule has 1 heterocycles. The van der Waals surface area contributed by atoms with Crippen molar-refractivity contribution in [2.75, 3.05) is 0 Å². The number of aromatic nitrogens is 1. The largest absolute Gasteiger partial charge is 0.487 e. The lowest BCUT2D eigenvalue weighted by atomic mass is 10.2. The van der Waals surface area contributed by atoms with Crippen molar-refractivity contribution in [3.8, 4) is 5.75 Å². The van der Waals surface area contributed by atoms with E-state index in [2.05, 4.69) is 9.71 Å². The van der Waals surface area contributed by atoms with Gasteiger partial charge in [0.1, 0.15) is 12.4 Å². The van der Waals surface area contributed by atoms with E-state index >= 15 is 0 Å². The van der Waals surface area contributed by atoms with Gasteiger partial charge in [0.15, 0.2) is 0 Å². The van der Waals surface area contributed by atoms with Crippen LogP contribution < -0.4 is 9.46 Å². The van der Waals surface area contributed by atoms with Crippen LogP contribution >= 0.6 is 0 Å². The van der Waals surface area contributed by atoms with Crippen LogP contribution in [0.25, 0.3) is 0 Å². The van der Waals surface area contributed by atoms with Gasteiger partial charge in [0, 0.05) is 0 Å². The molecular weight excluding hydrogens is 308 g/mol. The topological polar surface area (TPSA) is 51.2 Å². The Kier molecular flexibility index (Phi) is 5.91. The first-order chi connectivity index (χ1) is 10.9. The number of hydrogen-bond acceptors (Lipinski definition) is 3. The molecule has 2 rings (SSSR count). The molecule has 0 radical (unpaired) electrons. The van der Waals surface area contributed by atoms with E-state index in [1.807, 2.05) is 70.2 Å². The van der Waals surface area contributed by atoms with Crippen molar-refractivity contribution in [2.24, 2.45) is 0 Å². The fraction of sp³-hybridized carbons (Fsp3) is 0.389. The van der Waals surface area contributed by atoms with Gasteiger partial charge >= 0.3 is 0 Å². The number of rotatable bonds is 6. The van der Waals surface area contributed by atoms with Crippen molar-refractivity contribution in [3.05, 3.63) is 59.9 Å². The SMILES string of the molecule is CC(NS(=O)C(C)(C)C)c1ccc(OCc2ccccc2)cn1. The molecule has 2 unspecified atom stereocenters. The first-order valence-electron chi connectivity index (χ1n) is 7.67. The Bertz CT molecular complexity index is 636. The first-order valence-corrected chi connectivity index (χ1v) is 8.82. The zero-order valence-electron chi connectivity index (χ0n) is 14.1. The van der Waals surface area contributed by atoms with Crippen LogP contribution in [0.4, 0.5) is 0 Å². The summed E-state index contributed by atoms with van der Waals surface area (Å²) < 4.78 is 20.6. The second-order valence-corrected chi connectivity index (χ2v) is 8.41. The molecular formula is C18H24N2O2S. The molecule has 1 N–H and O–H groups in total. The van der Waals surface area contributed by atoms with Gasteiger partial charge in [0.2, 0.25) is 0 Å². The van der Waals surface area contributed by atoms with E-state index in [9.17, 15) is 4.21 Å². The van der Waals surface area contributed by atoms with E-state index in [1.54, 1.807) is 6.20 Å². The third-order valence-corrected chi connectivity index (χ3v) is 4.97. The molecule has 4 nitrogen and oxygen atoms in total. The Labute approximate surface area is 140 Å². The highest BCUT2D eigenvalue weighted by molar-refractivity contribution is 7.84. The Morgan fingerprint density at radius 3 is 2.43 bits per heavy atom. The van der Waals surface area contributed by atoms with Crippen molar-refractivity contribution in [2.45, 2.75) is 45.1 Å². The van der Waals surface area contributed by atoms with Crippen LogP contribution in [0, 0.1) is 0 Å². The number of nitrogens with one attached hydrogen (secondary N) is 1. The minimum absolute atomic E-state index is 0.0850. The Balaban J connectivity index is 1.92. The summed E-state index contributed by atoms with van der Waals surface area (Å²) in [6.45, 7) is 8.30. The average molecular weight is 332 g/mol. The van der Waals surface area contributed by atoms with Crippen LogP contribution in [0.2, 0.25) is 0 Å². The summed E-state index contributed by atoms with van der Waals surface area (Å²) in [6.07, 6.45) is 1.70. The molecule has 0 bridgehead atoms. The van der Waals surface area contributed by atoms with Gasteiger partial charge in [-0.1, -0.05) is 30.3 Å². The molecule has 0 spiro atoms. The fourth-order valence-electron chi connectivity index (χ4n) is 1.87. The lowest BCUT2D eigenvalue weighted by Crippen LogP contribution is -2.35. The molecule has 124 valence electrons. The molecule has 1 aromatic carbocycles. The van der Waals surface area contributed by atoms with Crippen LogP contribution in [-0.2, 0) is 17.6 Å². The van der Waals surface area contributed by atoms with Gasteiger partial charge in [0.25, 0.3) is 0 Å². The highest BCUT2D eigenvalue weighted by Crippen LogP contribution is 2.18. The molecule has 0 saturated carbocycles. The van der Waals surface area contributed by atoms with Crippen LogP contribution in [0.5, 0.6) is 5.75 Å². The van der Waals surface area contributed by atoms with Crippen LogP contribution in [0.3, 0.4) is 0 Å². The number of nitrogens with zero attached hydrogens (tertiary/aromatic N) is 1. The van der Waals surface area contributed by atoms with Gasteiger partial charge in [-0.2, -0.15) is 0 Å². The molecule has 5 heteroatoms. The Hall–Kier alpha value is -1.72. The summed E-state index contributed by atoms with van der Waals surface area (Å²) in [4.78, 5) is 4.40. The zero-order valence-corrected chi connectivity index (χ0v) is 14.9. The summed E-state index contributed by atoms with van der Waals surface area (Å²) >= 11 is 0. The molecule has 1 aromatic heterocycles. The Morgan fingerprint density at radius 1 is 1.17 bits per heavy atom. The monoisotopic (exact) mass is 332 g/mol. The van der Waals surface area contributed by atoms with Crippen molar-refractivity contribution in [1.82, 2.24) is 9.71 Å². The Morgan fingerprint density at radius 2 is 1.87 bits per heavy atom. The van der Waals surface area contributed by atoms with Crippen LogP contribution in [0.15, 0.2) is 48.7 Å². The second kappa shape index (κ2) is 7.70. The first kappa shape index (κ1) is 17.6. The average Bonchev–Trinajstić information content (AvgIpc) is 2.53. The van der Waals surface area contributed by atoms with Crippen molar-refractivity contribution in [1.29, 1.82) is 0 Å². The van der Waals surface area contributed by atoms with Gasteiger partial charge in [0.05, 0.1) is 33.7 Å². The lowest BCUT2D eigenvalue weighted by Gasteiger charge is -2.21. The minimum atomic E-state index is -1.12. The van der Waals surface area contributed by atoms with Crippen molar-refractivity contribution < 1.29 is 8.95 Å². The maximum Gasteiger partial charge on any atom is 0.138 e. The molecule has 0 fully saturated rings. The summed E-state index contributed by atoms with van der Waals surface area (Å²) in [5.74, 6) is 0.724. The fourth-order valence-corrected chi connectivity index (χ4v) is 2.67. The summed E-state index contributed by atoms with van der Waals surface area (Å²) in [7, 11) is -1.12. The maximum atomic E-state index is 12.1. The molecule has 0 saturated heterocycles. The van der Waals surface area contributed by atoms with Gasteiger partial charge in [-0.05, 0) is 45.4 Å². The predicted molar refractivity (Wildman–Crippen MR) is 94.5 cm³/mol. The third-order valence-electron chi connectivity index (χ3n) is 3.29. The van der Waals surface area contributed by atoms with Crippen molar-refractivity contribution in [3.63, 3.8) is 0 Å². The van der Waals surface area contributed by atoms with E-state index < -0.39 is 11.0 Å². The van der Waals surface area contributed by atoms with E-state index in [0.29, 0.717) is 6.61 Å². The zero-order chi connectivity index (χ0) is 16.9. The molecule has 2 atom stereocenters. The molecule has 0 aliphatic carbocycles. The van der Waals surface area contributed by atoms with E-state index in [4.69, 9.17) is 4.74 Å². The van der Waals surface area contributed by atoms with E-state index in [1.165, 1.54) is 0 Å². The number of benzene rings is 1. The number of hydrogen-bond donors (Lipinski definition) is 1. The number of pyridine rings is 1. The molecule has 23 heavy (non-hydrogen) atoms. The van der Waals surface area contributed by atoms with E-state index in [0.717, 1.165) is 17.0 Å². The molecule has 0 amide bonds. The third kappa shape index (κ3) is 5.44. The van der Waals surface area contributed by atoms with Crippen molar-refractivity contribution >= 4 is 11.0 Å². The summed E-state index contributed by atoms with van der Waals surface area (Å²) in [5, 5.41) is 0. The van der Waals surface area contributed by atoms with Gasteiger partial charge < -0.3 is 4.74 Å². The molecule has 0 aliphatic rings. The second-order valence-electron chi connectivity index (χ2n) is 6.41. The maximum absolute atomic E-state index is 12.1. The predicted octanol–water partition coefficient (Wildman–Crippen LogP) is 3.77. The van der Waals surface area contributed by atoms with E-state index in [-0.39, 0.29) is 10.8 Å². The molecule has 2 aromatic rings. The normalized spacial score (nSPS) is 14.3. The van der Waals surface area contributed by atoms with Gasteiger partial charge in [-0.25, -0.2) is 8.93 Å². The highest BCUT2D eigenvalue weighted by Gasteiger charge is 2.22. The smallest absolute Gasteiger partial charge is 0.138 e. The van der Waals surface area contributed by atoms with Gasteiger partial charge in [-0.15, -0.1) is 0 Å². The number of ether oxygens (including phenoxy) is 1. The summed E-state index contributed by atoms with van der Waals surface area (Å²) in [6, 6.07) is 13.7. The lowest BCUT2D eigenvalue weighted by molar-refractivity contribution is 0.304. The van der Waals surface area contributed by atoms with Crippen LogP contribution in [-0.4, -0.2) is 13.9 Å². The van der Waals surface area contributed by atoms with Crippen LogP contribution in [0.1, 0.15) is 45.0 Å². The standard InChI is InChI=1S/C18H24N2O2S/c1-14(20-23(21)18(2,3)4)17-11-10-16(12-19-17)22-13-15-8-6-5-7-9-15/h5-12,14,20H,13H2,1-4H3. The quantitative estimate of drug-likeness (QED) is 0.876.